The summed E-state index contributed by atoms with van der Waals surface area (Å²) in [6, 6.07) is 32.5. The van der Waals surface area contributed by atoms with Gasteiger partial charge in [0.2, 0.25) is 0 Å². The topological polar surface area (TPSA) is 278 Å². The largest absolute Gasteiger partial charge is 0.448 e. The molecule has 0 fully saturated rings. The van der Waals surface area contributed by atoms with Gasteiger partial charge in [-0.15, -0.1) is 10.2 Å². The summed E-state index contributed by atoms with van der Waals surface area (Å²) in [5, 5.41) is 22.7. The molecule has 0 atom stereocenters. The summed E-state index contributed by atoms with van der Waals surface area (Å²) < 4.78 is 25.4. The van der Waals surface area contributed by atoms with Crippen LogP contribution in [0.5, 0.6) is 0 Å². The Morgan fingerprint density at radius 1 is 0.298 bits per heavy atom. The van der Waals surface area contributed by atoms with E-state index in [1.165, 1.54) is 53.8 Å². The first-order chi connectivity index (χ1) is 53.9. The average Bonchev–Trinajstić information content (AvgIpc) is 1.68. The molecule has 0 aliphatic heterocycles. The van der Waals surface area contributed by atoms with Gasteiger partial charge in [-0.3, -0.25) is 24.3 Å². The van der Waals surface area contributed by atoms with Crippen LogP contribution in [0.3, 0.4) is 0 Å². The van der Waals surface area contributed by atoms with E-state index in [9.17, 15) is 4.39 Å². The molecule has 0 aliphatic rings. The molecule has 0 amide bonds. The van der Waals surface area contributed by atoms with E-state index in [1.54, 1.807) is 79.7 Å². The molecule has 0 aliphatic carbocycles. The van der Waals surface area contributed by atoms with Crippen LogP contribution in [0.2, 0.25) is 0 Å². The second kappa shape index (κ2) is 62.3. The fourth-order valence-corrected chi connectivity index (χ4v) is 8.23. The van der Waals surface area contributed by atoms with E-state index in [-0.39, 0.29) is 19.2 Å². The Morgan fingerprint density at radius 2 is 0.851 bits per heavy atom. The molecule has 0 bridgehead atoms. The third kappa shape index (κ3) is 49.2. The minimum Gasteiger partial charge on any atom is -0.448 e. The Hall–Kier alpha value is -11.2. The first-order valence-corrected chi connectivity index (χ1v) is 38.8. The zero-order chi connectivity index (χ0) is 84.3. The van der Waals surface area contributed by atoms with Gasteiger partial charge in [-0.2, -0.15) is 20.4 Å². The van der Waals surface area contributed by atoms with Crippen LogP contribution in [0.25, 0.3) is 0 Å². The van der Waals surface area contributed by atoms with Gasteiger partial charge in [0.15, 0.2) is 12.2 Å². The van der Waals surface area contributed by atoms with Gasteiger partial charge in [-0.25, -0.2) is 54.2 Å². The first-order valence-electron chi connectivity index (χ1n) is 38.8. The lowest BCUT2D eigenvalue weighted by Gasteiger charge is -2.02. The van der Waals surface area contributed by atoms with E-state index < -0.39 is 0 Å². The van der Waals surface area contributed by atoms with Crippen LogP contribution in [0.15, 0.2) is 246 Å². The molecule has 12 aromatic heterocycles. The van der Waals surface area contributed by atoms with Gasteiger partial charge >= 0.3 is 0 Å². The molecular formula is C89H134FN23O. The third-order valence-electron chi connectivity index (χ3n) is 15.4. The highest BCUT2D eigenvalue weighted by atomic mass is 19.1. The van der Waals surface area contributed by atoms with Crippen molar-refractivity contribution in [2.75, 3.05) is 0 Å². The molecule has 0 spiro atoms. The van der Waals surface area contributed by atoms with Crippen LogP contribution in [0, 0.1) is 5.82 Å². The maximum absolute atomic E-state index is 12.7. The summed E-state index contributed by atoms with van der Waals surface area (Å²) in [6.45, 7) is 54.7. The number of nitrogens with zero attached hydrogens (tertiary/aromatic N) is 23. The lowest BCUT2D eigenvalue weighted by atomic mass is 10.0. The molecule has 13 aromatic rings. The fraction of sp³-hybridized carbons (Fsp3) is 0.449. The van der Waals surface area contributed by atoms with Crippen molar-refractivity contribution < 1.29 is 8.81 Å². The van der Waals surface area contributed by atoms with Crippen molar-refractivity contribution in [3.05, 3.63) is 298 Å². The molecule has 0 N–H and O–H groups in total. The monoisotopic (exact) mass is 1560 g/mol. The Kier molecular flexibility index (Phi) is 56.2. The van der Waals surface area contributed by atoms with E-state index >= 15 is 0 Å². The van der Waals surface area contributed by atoms with Crippen LogP contribution in [0.1, 0.15) is 316 Å². The number of halogens is 1. The highest BCUT2D eigenvalue weighted by Crippen LogP contribution is 2.17. The molecule has 0 radical (unpaired) electrons. The number of hydrogen-bond donors (Lipinski definition) is 0. The van der Waals surface area contributed by atoms with Gasteiger partial charge in [0.1, 0.15) is 62.2 Å². The molecule has 0 saturated carbocycles. The molecule has 13 rings (SSSR count). The Morgan fingerprint density at radius 3 is 1.16 bits per heavy atom. The van der Waals surface area contributed by atoms with Gasteiger partial charge in [0, 0.05) is 116 Å². The number of pyridine rings is 3. The number of hydrogen-bond acceptors (Lipinski definition) is 20. The summed E-state index contributed by atoms with van der Waals surface area (Å²) in [4.78, 5) is 50.4. The standard InChI is InChI=1S/C9H12.3C8H11N.C7H9FN2.2C7H10N2.C6H9N3.2C6H10N2.C6H9NO.2C5H9N3.CH4/c1-8(2)9-6-4-3-5-7-9;1-7(2)8-3-5-9-6-4-8;1-7(2)8-4-3-5-9-6-8;1-7(2)8-5-3-4-6-9-8;1-5(2)7-6(8)3-9-4-10-7;1-6(2)7-3-4-8-5-9-7;1-6(2)7-3-4-8-9-5-7;1-5(2)6-8-3-7-4-9-6;1-6(2)8-4-3-7-5-8;1-6(2)8-5-3-4-7-8;1-5(2)6-3-7-4-8-6;1-5(2)8-3-6-7-4-8;1-5(2)8-4-6-3-7-8;/h3-8H,1-2H3;3*3-7H,1-2H3;3-5H,1-2H3;2*3-6H,1-2H3;3-5H,1-2H3;2*3-6H,1-2H3;3*3-5H,1-2H3;1H4. The zero-order valence-electron chi connectivity index (χ0n) is 72.1. The highest BCUT2D eigenvalue weighted by Gasteiger charge is 2.07. The average molecular weight is 1560 g/mol. The molecule has 12 heterocycles. The van der Waals surface area contributed by atoms with Gasteiger partial charge < -0.3 is 13.6 Å². The summed E-state index contributed by atoms with van der Waals surface area (Å²) in [7, 11) is 0. The van der Waals surface area contributed by atoms with Crippen molar-refractivity contribution in [2.24, 2.45) is 0 Å². The second-order valence-electron chi connectivity index (χ2n) is 29.2. The predicted octanol–water partition coefficient (Wildman–Crippen LogP) is 22.4. The van der Waals surface area contributed by atoms with Crippen LogP contribution in [-0.4, -0.2) is 114 Å². The van der Waals surface area contributed by atoms with Crippen molar-refractivity contribution in [2.45, 2.75) is 265 Å². The zero-order valence-corrected chi connectivity index (χ0v) is 72.1. The van der Waals surface area contributed by atoms with Crippen LogP contribution in [-0.2, 0) is 0 Å². The lowest BCUT2D eigenvalue weighted by molar-refractivity contribution is 0.482. The van der Waals surface area contributed by atoms with Crippen LogP contribution in [0.4, 0.5) is 4.39 Å². The Labute approximate surface area is 681 Å². The minimum atomic E-state index is -0.322. The van der Waals surface area contributed by atoms with Gasteiger partial charge in [-0.1, -0.05) is 175 Å². The van der Waals surface area contributed by atoms with E-state index in [2.05, 4.69) is 296 Å². The van der Waals surface area contributed by atoms with E-state index in [1.807, 2.05) is 127 Å². The fourth-order valence-electron chi connectivity index (χ4n) is 8.23. The summed E-state index contributed by atoms with van der Waals surface area (Å²) in [5.74, 6) is 5.94. The predicted molar refractivity (Wildman–Crippen MR) is 461 cm³/mol. The normalized spacial score (nSPS) is 10.1. The third-order valence-corrected chi connectivity index (χ3v) is 15.4. The second-order valence-corrected chi connectivity index (χ2v) is 29.2. The van der Waals surface area contributed by atoms with Crippen molar-refractivity contribution in [1.29, 1.82) is 0 Å². The summed E-state index contributed by atoms with van der Waals surface area (Å²) in [5.41, 5.74) is 8.06. The van der Waals surface area contributed by atoms with Crippen LogP contribution >= 0.6 is 0 Å². The smallest absolute Gasteiger partial charge is 0.180 e. The summed E-state index contributed by atoms with van der Waals surface area (Å²) in [6.07, 6.45) is 40.8. The molecule has 114 heavy (non-hydrogen) atoms. The summed E-state index contributed by atoms with van der Waals surface area (Å²) >= 11 is 0. The minimum absolute atomic E-state index is 0. The quantitative estimate of drug-likeness (QED) is 0.104. The molecule has 0 saturated heterocycles. The van der Waals surface area contributed by atoms with E-state index in [4.69, 9.17) is 4.42 Å². The van der Waals surface area contributed by atoms with Gasteiger partial charge in [0.25, 0.3) is 0 Å². The van der Waals surface area contributed by atoms with Gasteiger partial charge in [0.05, 0.1) is 30.6 Å². The van der Waals surface area contributed by atoms with E-state index in [0.29, 0.717) is 77.2 Å². The number of imidazole rings is 1. The van der Waals surface area contributed by atoms with Gasteiger partial charge in [-0.05, 0) is 168 Å². The van der Waals surface area contributed by atoms with Crippen LogP contribution < -0.4 is 0 Å². The highest BCUT2D eigenvalue weighted by molar-refractivity contribution is 5.18. The van der Waals surface area contributed by atoms with Crippen molar-refractivity contribution in [3.8, 4) is 0 Å². The number of rotatable bonds is 13. The van der Waals surface area contributed by atoms with Crippen molar-refractivity contribution >= 4 is 0 Å². The van der Waals surface area contributed by atoms with Crippen molar-refractivity contribution in [3.63, 3.8) is 0 Å². The van der Waals surface area contributed by atoms with E-state index in [0.717, 1.165) is 23.0 Å². The maximum Gasteiger partial charge on any atom is 0.180 e. The Balaban J connectivity index is 0.00000121. The number of aromatic nitrogens is 23. The molecule has 24 nitrogen and oxygen atoms in total. The molecule has 1 aromatic carbocycles. The Bertz CT molecular complexity index is 3490. The molecule has 0 unspecified atom stereocenters. The molecule has 618 valence electrons. The number of oxazole rings is 1. The molecule has 25 heteroatoms. The molecular weight excluding hydrogens is 1430 g/mol. The van der Waals surface area contributed by atoms with Crippen molar-refractivity contribution in [1.82, 2.24) is 114 Å². The maximum atomic E-state index is 12.7. The SMILES string of the molecule is C.CC(C)c1ccccc1.CC(C)c1ccccn1.CC(C)c1cccnc1.CC(C)c1ccncc1.CC(C)c1ccncn1.CC(C)c1ccnnc1.CC(C)c1cnco1.CC(C)c1ncncc1F.CC(C)c1ncncn1.CC(C)n1cccn1.CC(C)n1ccnc1.CC(C)n1cncn1.CC(C)n1cnnc1. The number of benzene rings is 1. The first kappa shape index (κ1) is 103. The lowest BCUT2D eigenvalue weighted by Crippen LogP contribution is -1.99.